The fourth-order valence-electron chi connectivity index (χ4n) is 4.11. The first-order chi connectivity index (χ1) is 20.0. The highest BCUT2D eigenvalue weighted by atomic mass is 19.1. The first kappa shape index (κ1) is 35.5. The van der Waals surface area contributed by atoms with Crippen LogP contribution in [0.3, 0.4) is 0 Å². The molecule has 3 N–H and O–H groups in total. The summed E-state index contributed by atoms with van der Waals surface area (Å²) in [5.74, 6) is 1.10. The monoisotopic (exact) mass is 570 g/mol. The molecule has 4 heterocycles. The maximum Gasteiger partial charge on any atom is 0.140 e. The standard InChI is InChI=1S/C16H22N4.C12H15F2N3.C2H6.CH5N/c1-2-3-7-13-10-17-11-14-15(13)16(19-12-18-14)20-8-5-4-6-9-20;1-9-3-4-16-12(5-9)17-8-15-7-11(14)6-10(2)13;2*1-2/h10-12H,2-9H2,1H3;3-7,10H,8H2,1-2H3,(H,16,17);1-2H3;2H2,1H3/b;11-6+,15-7-;;. The number of rotatable bonds is 9. The normalized spacial score (nSPS) is 13.8. The van der Waals surface area contributed by atoms with Gasteiger partial charge in [-0.15, -0.1) is 0 Å². The number of unbranched alkanes of at least 4 members (excludes halogenated alkanes) is 1. The smallest absolute Gasteiger partial charge is 0.140 e. The van der Waals surface area contributed by atoms with E-state index < -0.39 is 12.0 Å². The number of pyridine rings is 2. The van der Waals surface area contributed by atoms with E-state index in [1.54, 1.807) is 12.5 Å². The van der Waals surface area contributed by atoms with Gasteiger partial charge in [-0.3, -0.25) is 9.98 Å². The number of aromatic nitrogens is 4. The maximum atomic E-state index is 12.9. The number of aryl methyl sites for hydroxylation is 2. The van der Waals surface area contributed by atoms with Gasteiger partial charge in [-0.05, 0) is 82.3 Å². The summed E-state index contributed by atoms with van der Waals surface area (Å²) in [6.07, 6.45) is 15.1. The SMILES string of the molecule is CC.CCCCc1cncc2ncnc(N3CCCCC3)c12.CN.Cc1ccnc(NC/N=C\C(F)=C/C(C)F)c1. The molecular formula is C31H48F2N8. The number of halogens is 2. The Morgan fingerprint density at radius 1 is 1.15 bits per heavy atom. The number of hydrogen-bond donors (Lipinski definition) is 2. The van der Waals surface area contributed by atoms with Crippen molar-refractivity contribution in [1.29, 1.82) is 0 Å². The summed E-state index contributed by atoms with van der Waals surface area (Å²) in [5, 5.41) is 4.12. The van der Waals surface area contributed by atoms with Crippen LogP contribution >= 0.6 is 0 Å². The van der Waals surface area contributed by atoms with Crippen molar-refractivity contribution in [2.24, 2.45) is 10.7 Å². The first-order valence-electron chi connectivity index (χ1n) is 14.6. The van der Waals surface area contributed by atoms with Crippen LogP contribution in [0, 0.1) is 6.92 Å². The molecule has 4 rings (SSSR count). The van der Waals surface area contributed by atoms with Gasteiger partial charge in [0.05, 0.1) is 17.9 Å². The number of nitrogens with zero attached hydrogens (tertiary/aromatic N) is 6. The molecule has 0 aliphatic carbocycles. The molecule has 41 heavy (non-hydrogen) atoms. The lowest BCUT2D eigenvalue weighted by atomic mass is 10.0. The Labute approximate surface area is 244 Å². The molecule has 1 saturated heterocycles. The van der Waals surface area contributed by atoms with Crippen LogP contribution in [0.5, 0.6) is 0 Å². The van der Waals surface area contributed by atoms with Crippen molar-refractivity contribution < 1.29 is 8.78 Å². The second kappa shape index (κ2) is 21.2. The highest BCUT2D eigenvalue weighted by Crippen LogP contribution is 2.28. The van der Waals surface area contributed by atoms with Crippen molar-refractivity contribution in [3.63, 3.8) is 0 Å². The summed E-state index contributed by atoms with van der Waals surface area (Å²) in [6.45, 7) is 11.8. The molecule has 0 radical (unpaired) electrons. The van der Waals surface area contributed by atoms with Gasteiger partial charge >= 0.3 is 0 Å². The van der Waals surface area contributed by atoms with Gasteiger partial charge in [0.25, 0.3) is 0 Å². The topological polar surface area (TPSA) is 105 Å². The zero-order valence-electron chi connectivity index (χ0n) is 25.6. The molecule has 1 aliphatic rings. The molecule has 10 heteroatoms. The molecule has 226 valence electrons. The fraction of sp³-hybridized carbons (Fsp3) is 0.516. The minimum absolute atomic E-state index is 0.193. The zero-order chi connectivity index (χ0) is 30.5. The third kappa shape index (κ3) is 13.1. The number of nitrogens with two attached hydrogens (primary N) is 1. The van der Waals surface area contributed by atoms with Crippen LogP contribution in [0.15, 0.2) is 53.9 Å². The van der Waals surface area contributed by atoms with Crippen molar-refractivity contribution >= 4 is 28.8 Å². The minimum atomic E-state index is -1.31. The Kier molecular flexibility index (Phi) is 18.4. The Bertz CT molecular complexity index is 1170. The van der Waals surface area contributed by atoms with E-state index in [4.69, 9.17) is 0 Å². The Morgan fingerprint density at radius 3 is 2.54 bits per heavy atom. The lowest BCUT2D eigenvalue weighted by Crippen LogP contribution is -2.30. The van der Waals surface area contributed by atoms with Gasteiger partial charge in [-0.25, -0.2) is 23.7 Å². The number of anilines is 2. The second-order valence-electron chi connectivity index (χ2n) is 9.14. The molecule has 0 spiro atoms. The molecule has 3 aromatic heterocycles. The van der Waals surface area contributed by atoms with E-state index in [2.05, 4.69) is 47.8 Å². The molecule has 1 aliphatic heterocycles. The molecule has 1 fully saturated rings. The van der Waals surface area contributed by atoms with Gasteiger partial charge in [0.2, 0.25) is 0 Å². The van der Waals surface area contributed by atoms with Gasteiger partial charge in [-0.2, -0.15) is 0 Å². The molecule has 8 nitrogen and oxygen atoms in total. The molecule has 0 aromatic carbocycles. The largest absolute Gasteiger partial charge is 0.356 e. The maximum absolute atomic E-state index is 12.9. The number of aliphatic imine (C=N–C) groups is 1. The van der Waals surface area contributed by atoms with Gasteiger partial charge in [-0.1, -0.05) is 27.2 Å². The number of nitrogens with one attached hydrogen (secondary N) is 1. The van der Waals surface area contributed by atoms with Crippen LogP contribution in [0.4, 0.5) is 20.4 Å². The van der Waals surface area contributed by atoms with Crippen molar-refractivity contribution in [2.45, 2.75) is 79.3 Å². The van der Waals surface area contributed by atoms with Crippen molar-refractivity contribution in [3.8, 4) is 0 Å². The Hall–Kier alpha value is -3.53. The summed E-state index contributed by atoms with van der Waals surface area (Å²) in [7, 11) is 1.50. The number of piperidine rings is 1. The summed E-state index contributed by atoms with van der Waals surface area (Å²) >= 11 is 0. The first-order valence-corrected chi connectivity index (χ1v) is 14.6. The summed E-state index contributed by atoms with van der Waals surface area (Å²) in [4.78, 5) is 23.6. The quantitative estimate of drug-likeness (QED) is 0.267. The summed E-state index contributed by atoms with van der Waals surface area (Å²) < 4.78 is 25.2. The third-order valence-electron chi connectivity index (χ3n) is 5.93. The van der Waals surface area contributed by atoms with Crippen molar-refractivity contribution in [2.75, 3.05) is 37.0 Å². The van der Waals surface area contributed by atoms with Crippen LogP contribution < -0.4 is 16.0 Å². The van der Waals surface area contributed by atoms with E-state index in [0.717, 1.165) is 48.7 Å². The summed E-state index contributed by atoms with van der Waals surface area (Å²) in [5.41, 5.74) is 7.85. The predicted octanol–water partition coefficient (Wildman–Crippen LogP) is 7.00. The van der Waals surface area contributed by atoms with E-state index in [-0.39, 0.29) is 6.67 Å². The number of alkyl halides is 1. The van der Waals surface area contributed by atoms with Crippen molar-refractivity contribution in [1.82, 2.24) is 19.9 Å². The predicted molar refractivity (Wildman–Crippen MR) is 169 cm³/mol. The molecular weight excluding hydrogens is 522 g/mol. The van der Waals surface area contributed by atoms with E-state index >= 15 is 0 Å². The molecule has 1 atom stereocenters. The van der Waals surface area contributed by atoms with Gasteiger partial charge in [0.1, 0.15) is 36.6 Å². The zero-order valence-corrected chi connectivity index (χ0v) is 25.6. The molecule has 0 amide bonds. The van der Waals surface area contributed by atoms with Gasteiger partial charge in [0.15, 0.2) is 0 Å². The van der Waals surface area contributed by atoms with Crippen LogP contribution in [-0.4, -0.2) is 59.1 Å². The number of allylic oxidation sites excluding steroid dienone is 2. The number of hydrogen-bond acceptors (Lipinski definition) is 8. The number of fused-ring (bicyclic) bond motifs is 1. The van der Waals surface area contributed by atoms with E-state index in [1.165, 1.54) is 57.0 Å². The molecule has 0 saturated carbocycles. The minimum Gasteiger partial charge on any atom is -0.356 e. The Balaban J connectivity index is 0.000000370. The third-order valence-corrected chi connectivity index (χ3v) is 5.93. The van der Waals surface area contributed by atoms with Crippen LogP contribution in [0.1, 0.15) is 70.9 Å². The van der Waals surface area contributed by atoms with E-state index in [9.17, 15) is 8.78 Å². The second-order valence-corrected chi connectivity index (χ2v) is 9.14. The van der Waals surface area contributed by atoms with E-state index in [1.807, 2.05) is 45.3 Å². The lowest BCUT2D eigenvalue weighted by molar-refractivity contribution is 0.424. The highest BCUT2D eigenvalue weighted by molar-refractivity contribution is 5.91. The van der Waals surface area contributed by atoms with Crippen LogP contribution in [0.2, 0.25) is 0 Å². The summed E-state index contributed by atoms with van der Waals surface area (Å²) in [6, 6.07) is 3.73. The molecule has 0 bridgehead atoms. The average molecular weight is 571 g/mol. The Morgan fingerprint density at radius 2 is 1.88 bits per heavy atom. The van der Waals surface area contributed by atoms with Crippen LogP contribution in [-0.2, 0) is 6.42 Å². The molecule has 1 unspecified atom stereocenters. The van der Waals surface area contributed by atoms with Gasteiger partial charge in [0, 0.05) is 30.9 Å². The average Bonchev–Trinajstić information content (AvgIpc) is 3.00. The lowest BCUT2D eigenvalue weighted by Gasteiger charge is -2.28. The van der Waals surface area contributed by atoms with E-state index in [0.29, 0.717) is 5.82 Å². The van der Waals surface area contributed by atoms with Crippen LogP contribution in [0.25, 0.3) is 10.9 Å². The van der Waals surface area contributed by atoms with Gasteiger partial charge < -0.3 is 16.0 Å². The van der Waals surface area contributed by atoms with Crippen molar-refractivity contribution in [3.05, 3.63) is 60.1 Å². The fourth-order valence-corrected chi connectivity index (χ4v) is 4.11. The highest BCUT2D eigenvalue weighted by Gasteiger charge is 2.17. The molecule has 3 aromatic rings.